The number of ether oxygens (including phenoxy) is 1. The third kappa shape index (κ3) is 3.51. The minimum absolute atomic E-state index is 0.107. The van der Waals surface area contributed by atoms with Crippen LogP contribution in [0.1, 0.15) is 28.7 Å². The summed E-state index contributed by atoms with van der Waals surface area (Å²) in [6.07, 6.45) is 2.09. The number of pyridine rings is 1. The molecule has 0 radical (unpaired) electrons. The lowest BCUT2D eigenvalue weighted by Crippen LogP contribution is -2.11. The Morgan fingerprint density at radius 3 is 2.57 bits per heavy atom. The van der Waals surface area contributed by atoms with Crippen LogP contribution >= 0.6 is 11.6 Å². The second-order valence-electron chi connectivity index (χ2n) is 6.51. The van der Waals surface area contributed by atoms with E-state index < -0.39 is 17.7 Å². The van der Waals surface area contributed by atoms with Crippen molar-refractivity contribution in [2.45, 2.75) is 12.0 Å². The molecule has 0 fully saturated rings. The van der Waals surface area contributed by atoms with Gasteiger partial charge >= 0.3 is 0 Å². The van der Waals surface area contributed by atoms with Gasteiger partial charge in [0.25, 0.3) is 0 Å². The fraction of sp³-hybridized carbons (Fsp3) is 0.136. The lowest BCUT2D eigenvalue weighted by molar-refractivity contribution is 0.209. The normalized spacial score (nSPS) is 17.5. The van der Waals surface area contributed by atoms with Gasteiger partial charge < -0.3 is 9.84 Å². The van der Waals surface area contributed by atoms with Crippen molar-refractivity contribution < 1.29 is 18.6 Å². The topological polar surface area (TPSA) is 42.4 Å². The van der Waals surface area contributed by atoms with E-state index in [0.29, 0.717) is 16.2 Å². The molecule has 28 heavy (non-hydrogen) atoms. The van der Waals surface area contributed by atoms with Gasteiger partial charge in [-0.1, -0.05) is 29.8 Å². The Kier molecular flexibility index (Phi) is 5.11. The molecule has 0 bridgehead atoms. The van der Waals surface area contributed by atoms with E-state index in [-0.39, 0.29) is 23.8 Å². The first-order valence-corrected chi connectivity index (χ1v) is 9.08. The molecule has 3 nitrogen and oxygen atoms in total. The highest BCUT2D eigenvalue weighted by atomic mass is 35.5. The SMILES string of the molecule is OC(C1=C(c2ccc(F)cc2F)OCC1c1ccc(Cl)cc1)c1cccnc1. The van der Waals surface area contributed by atoms with Gasteiger partial charge in [0.2, 0.25) is 0 Å². The van der Waals surface area contributed by atoms with Crippen LogP contribution in [-0.2, 0) is 4.74 Å². The standard InChI is InChI=1S/C22H16ClF2NO2/c23-15-5-3-13(4-6-15)18-12-28-22(17-8-7-16(24)10-19(17)25)20(18)21(27)14-2-1-9-26-11-14/h1-11,18,21,27H,12H2. The molecule has 4 rings (SSSR count). The van der Waals surface area contributed by atoms with Gasteiger partial charge in [0.05, 0.1) is 12.2 Å². The average Bonchev–Trinajstić information content (AvgIpc) is 3.13. The van der Waals surface area contributed by atoms with Crippen LogP contribution in [0.4, 0.5) is 8.78 Å². The highest BCUT2D eigenvalue weighted by molar-refractivity contribution is 6.30. The minimum Gasteiger partial charge on any atom is -0.492 e. The number of hydrogen-bond acceptors (Lipinski definition) is 3. The zero-order chi connectivity index (χ0) is 19.7. The second-order valence-corrected chi connectivity index (χ2v) is 6.95. The number of aliphatic hydroxyl groups is 1. The van der Waals surface area contributed by atoms with Gasteiger partial charge in [-0.3, -0.25) is 4.98 Å². The molecule has 142 valence electrons. The summed E-state index contributed by atoms with van der Waals surface area (Å²) in [6, 6.07) is 13.9. The molecule has 0 aliphatic carbocycles. The number of aliphatic hydroxyl groups excluding tert-OH is 1. The summed E-state index contributed by atoms with van der Waals surface area (Å²) >= 11 is 5.99. The van der Waals surface area contributed by atoms with Crippen LogP contribution in [-0.4, -0.2) is 16.7 Å². The zero-order valence-corrected chi connectivity index (χ0v) is 15.4. The summed E-state index contributed by atoms with van der Waals surface area (Å²) in [5, 5.41) is 11.7. The summed E-state index contributed by atoms with van der Waals surface area (Å²) in [6.45, 7) is 0.223. The van der Waals surface area contributed by atoms with E-state index >= 15 is 0 Å². The molecular formula is C22H16ClF2NO2. The van der Waals surface area contributed by atoms with Gasteiger partial charge in [0.15, 0.2) is 0 Å². The largest absolute Gasteiger partial charge is 0.492 e. The Balaban J connectivity index is 1.86. The number of hydrogen-bond donors (Lipinski definition) is 1. The van der Waals surface area contributed by atoms with Crippen LogP contribution in [0.2, 0.25) is 5.02 Å². The van der Waals surface area contributed by atoms with Gasteiger partial charge in [-0.05, 0) is 35.9 Å². The Hall–Kier alpha value is -2.76. The predicted molar refractivity (Wildman–Crippen MR) is 103 cm³/mol. The van der Waals surface area contributed by atoms with Gasteiger partial charge in [-0.2, -0.15) is 0 Å². The third-order valence-electron chi connectivity index (χ3n) is 4.77. The van der Waals surface area contributed by atoms with Crippen molar-refractivity contribution in [3.05, 3.63) is 106 Å². The predicted octanol–water partition coefficient (Wildman–Crippen LogP) is 5.27. The lowest BCUT2D eigenvalue weighted by atomic mass is 9.86. The van der Waals surface area contributed by atoms with Crippen molar-refractivity contribution in [2.75, 3.05) is 6.61 Å². The Labute approximate surface area is 165 Å². The number of nitrogens with zero attached hydrogens (tertiary/aromatic N) is 1. The first kappa shape index (κ1) is 18.6. The van der Waals surface area contributed by atoms with Crippen LogP contribution < -0.4 is 0 Å². The van der Waals surface area contributed by atoms with E-state index in [1.807, 2.05) is 12.1 Å². The monoisotopic (exact) mass is 399 g/mol. The summed E-state index contributed by atoms with van der Waals surface area (Å²) in [4.78, 5) is 4.05. The Bertz CT molecular complexity index is 1020. The fourth-order valence-corrected chi connectivity index (χ4v) is 3.53. The molecule has 0 amide bonds. The van der Waals surface area contributed by atoms with Crippen LogP contribution in [0, 0.1) is 11.6 Å². The number of halogens is 3. The molecule has 1 aliphatic heterocycles. The number of benzene rings is 2. The fourth-order valence-electron chi connectivity index (χ4n) is 3.41. The molecule has 0 saturated heterocycles. The van der Waals surface area contributed by atoms with Crippen molar-refractivity contribution in [1.29, 1.82) is 0 Å². The quantitative estimate of drug-likeness (QED) is 0.649. The molecular weight excluding hydrogens is 384 g/mol. The molecule has 3 aromatic rings. The van der Waals surface area contributed by atoms with Crippen molar-refractivity contribution in [3.63, 3.8) is 0 Å². The molecule has 6 heteroatoms. The molecule has 2 unspecified atom stereocenters. The van der Waals surface area contributed by atoms with Crippen molar-refractivity contribution in [2.24, 2.45) is 0 Å². The smallest absolute Gasteiger partial charge is 0.137 e. The highest BCUT2D eigenvalue weighted by Gasteiger charge is 2.35. The van der Waals surface area contributed by atoms with E-state index in [9.17, 15) is 13.9 Å². The molecule has 1 N–H and O–H groups in total. The maximum Gasteiger partial charge on any atom is 0.137 e. The van der Waals surface area contributed by atoms with Gasteiger partial charge in [0, 0.05) is 40.5 Å². The summed E-state index contributed by atoms with van der Waals surface area (Å²) < 4.78 is 33.6. The van der Waals surface area contributed by atoms with E-state index in [4.69, 9.17) is 16.3 Å². The molecule has 0 saturated carbocycles. The Morgan fingerprint density at radius 1 is 1.11 bits per heavy atom. The van der Waals surface area contributed by atoms with E-state index in [2.05, 4.69) is 4.98 Å². The van der Waals surface area contributed by atoms with Crippen molar-refractivity contribution in [1.82, 2.24) is 4.98 Å². The molecule has 2 atom stereocenters. The molecule has 1 aliphatic rings. The maximum atomic E-state index is 14.5. The van der Waals surface area contributed by atoms with Crippen LogP contribution in [0.25, 0.3) is 5.76 Å². The molecule has 2 heterocycles. The molecule has 0 spiro atoms. The first-order valence-electron chi connectivity index (χ1n) is 8.70. The lowest BCUT2D eigenvalue weighted by Gasteiger charge is -2.19. The zero-order valence-electron chi connectivity index (χ0n) is 14.6. The van der Waals surface area contributed by atoms with Crippen LogP contribution in [0.3, 0.4) is 0 Å². The van der Waals surface area contributed by atoms with Gasteiger partial charge in [-0.15, -0.1) is 0 Å². The van der Waals surface area contributed by atoms with E-state index in [1.54, 1.807) is 36.7 Å². The highest BCUT2D eigenvalue weighted by Crippen LogP contribution is 2.45. The average molecular weight is 400 g/mol. The number of aromatic nitrogens is 1. The molecule has 1 aromatic heterocycles. The number of rotatable bonds is 4. The van der Waals surface area contributed by atoms with Crippen LogP contribution in [0.15, 0.2) is 72.6 Å². The van der Waals surface area contributed by atoms with Crippen molar-refractivity contribution in [3.8, 4) is 0 Å². The first-order chi connectivity index (χ1) is 13.5. The second kappa shape index (κ2) is 7.70. The minimum atomic E-state index is -1.06. The summed E-state index contributed by atoms with van der Waals surface area (Å²) in [5.41, 5.74) is 2.04. The Morgan fingerprint density at radius 2 is 1.89 bits per heavy atom. The van der Waals surface area contributed by atoms with Crippen molar-refractivity contribution >= 4 is 17.4 Å². The third-order valence-corrected chi connectivity index (χ3v) is 5.03. The van der Waals surface area contributed by atoms with Gasteiger partial charge in [0.1, 0.15) is 23.5 Å². The maximum absolute atomic E-state index is 14.5. The van der Waals surface area contributed by atoms with Crippen LogP contribution in [0.5, 0.6) is 0 Å². The molecule has 2 aromatic carbocycles. The van der Waals surface area contributed by atoms with Gasteiger partial charge in [-0.25, -0.2) is 8.78 Å². The van der Waals surface area contributed by atoms with E-state index in [1.165, 1.54) is 12.1 Å². The summed E-state index contributed by atoms with van der Waals surface area (Å²) in [7, 11) is 0. The summed E-state index contributed by atoms with van der Waals surface area (Å²) in [5.74, 6) is -1.52. The van der Waals surface area contributed by atoms with E-state index in [0.717, 1.165) is 11.6 Å².